The number of anilines is 3. The van der Waals surface area contributed by atoms with Crippen molar-refractivity contribution in [3.63, 3.8) is 0 Å². The molecule has 31 heavy (non-hydrogen) atoms. The molecule has 166 valence electrons. The van der Waals surface area contributed by atoms with Crippen molar-refractivity contribution < 1.29 is 8.42 Å². The molecule has 3 aromatic heterocycles. The number of hydrogen-bond donors (Lipinski definition) is 3. The Morgan fingerprint density at radius 1 is 1.16 bits per heavy atom. The van der Waals surface area contributed by atoms with Crippen LogP contribution < -0.4 is 16.4 Å². The highest BCUT2D eigenvalue weighted by Gasteiger charge is 2.20. The van der Waals surface area contributed by atoms with Crippen LogP contribution in [-0.2, 0) is 9.84 Å². The third-order valence-corrected chi connectivity index (χ3v) is 6.63. The fraction of sp³-hybridized carbons (Fsp3) is 0.476. The fourth-order valence-corrected chi connectivity index (χ4v) is 4.40. The Morgan fingerprint density at radius 2 is 1.90 bits per heavy atom. The van der Waals surface area contributed by atoms with Gasteiger partial charge in [-0.25, -0.2) is 18.4 Å². The smallest absolute Gasteiger partial charge is 0.192 e. The summed E-state index contributed by atoms with van der Waals surface area (Å²) in [5, 5.41) is 11.4. The zero-order valence-electron chi connectivity index (χ0n) is 18.0. The van der Waals surface area contributed by atoms with E-state index in [4.69, 9.17) is 10.7 Å². The molecule has 0 aromatic carbocycles. The van der Waals surface area contributed by atoms with Crippen molar-refractivity contribution in [1.82, 2.24) is 19.6 Å². The van der Waals surface area contributed by atoms with Crippen LogP contribution in [0, 0.1) is 0 Å². The molecule has 0 radical (unpaired) electrons. The standard InChI is InChI=1S/C21H29N7O2S/c1-13(2)17-12-24-28-19(26-16-8-9-20(23-11-16)31(3,29)30)10-18(27-21(17)28)25-15-6-4-14(22)5-7-15/h8-15,26H,4-7,22H2,1-3H3,(H,25,27)/t14-,15-. The van der Waals surface area contributed by atoms with Gasteiger partial charge in [-0.3, -0.25) is 0 Å². The number of aromatic nitrogens is 4. The summed E-state index contributed by atoms with van der Waals surface area (Å²) >= 11 is 0. The van der Waals surface area contributed by atoms with Gasteiger partial charge in [-0.1, -0.05) is 13.8 Å². The summed E-state index contributed by atoms with van der Waals surface area (Å²) in [5.74, 6) is 1.77. The second-order valence-electron chi connectivity index (χ2n) is 8.55. The highest BCUT2D eigenvalue weighted by atomic mass is 32.2. The Bertz CT molecular complexity index is 1160. The first kappa shape index (κ1) is 21.5. The summed E-state index contributed by atoms with van der Waals surface area (Å²) in [5.41, 5.74) is 8.55. The Labute approximate surface area is 182 Å². The molecule has 0 saturated heterocycles. The van der Waals surface area contributed by atoms with E-state index in [0.717, 1.165) is 54.8 Å². The van der Waals surface area contributed by atoms with Gasteiger partial charge in [0, 0.05) is 30.0 Å². The van der Waals surface area contributed by atoms with Gasteiger partial charge < -0.3 is 16.4 Å². The Morgan fingerprint density at radius 3 is 2.52 bits per heavy atom. The largest absolute Gasteiger partial charge is 0.367 e. The summed E-state index contributed by atoms with van der Waals surface area (Å²) in [6, 6.07) is 5.73. The normalized spacial score (nSPS) is 19.6. The van der Waals surface area contributed by atoms with Crippen molar-refractivity contribution in [2.24, 2.45) is 5.73 Å². The number of pyridine rings is 1. The van der Waals surface area contributed by atoms with E-state index in [1.807, 2.05) is 12.3 Å². The van der Waals surface area contributed by atoms with Gasteiger partial charge in [-0.05, 0) is 43.7 Å². The highest BCUT2D eigenvalue weighted by Crippen LogP contribution is 2.28. The van der Waals surface area contributed by atoms with Gasteiger partial charge in [0.2, 0.25) is 0 Å². The van der Waals surface area contributed by atoms with Crippen LogP contribution in [0.15, 0.2) is 35.6 Å². The number of nitrogens with two attached hydrogens (primary N) is 1. The molecule has 0 spiro atoms. The van der Waals surface area contributed by atoms with Crippen molar-refractivity contribution >= 4 is 32.8 Å². The average Bonchev–Trinajstić information content (AvgIpc) is 3.14. The van der Waals surface area contributed by atoms with Crippen LogP contribution in [0.1, 0.15) is 51.0 Å². The van der Waals surface area contributed by atoms with Gasteiger partial charge >= 0.3 is 0 Å². The summed E-state index contributed by atoms with van der Waals surface area (Å²) in [4.78, 5) is 8.90. The minimum Gasteiger partial charge on any atom is -0.367 e. The Kier molecular flexibility index (Phi) is 5.85. The predicted molar refractivity (Wildman–Crippen MR) is 122 cm³/mol. The second kappa shape index (κ2) is 8.43. The average molecular weight is 444 g/mol. The van der Waals surface area contributed by atoms with Gasteiger partial charge in [0.25, 0.3) is 0 Å². The number of nitrogens with zero attached hydrogens (tertiary/aromatic N) is 4. The lowest BCUT2D eigenvalue weighted by Gasteiger charge is -2.27. The van der Waals surface area contributed by atoms with E-state index in [-0.39, 0.29) is 17.0 Å². The van der Waals surface area contributed by atoms with Crippen molar-refractivity contribution in [3.8, 4) is 0 Å². The van der Waals surface area contributed by atoms with E-state index in [9.17, 15) is 8.42 Å². The number of fused-ring (bicyclic) bond motifs is 1. The van der Waals surface area contributed by atoms with Crippen LogP contribution in [0.4, 0.5) is 17.3 Å². The zero-order valence-corrected chi connectivity index (χ0v) is 18.9. The monoisotopic (exact) mass is 443 g/mol. The topological polar surface area (TPSA) is 127 Å². The van der Waals surface area contributed by atoms with Crippen molar-refractivity contribution in [2.75, 3.05) is 16.9 Å². The van der Waals surface area contributed by atoms with Gasteiger partial charge in [0.05, 0.1) is 18.1 Å². The molecule has 10 heteroatoms. The lowest BCUT2D eigenvalue weighted by atomic mass is 9.92. The highest BCUT2D eigenvalue weighted by molar-refractivity contribution is 7.90. The van der Waals surface area contributed by atoms with Crippen LogP contribution in [0.5, 0.6) is 0 Å². The number of sulfone groups is 1. The molecule has 4 rings (SSSR count). The fourth-order valence-electron chi connectivity index (χ4n) is 3.84. The van der Waals surface area contributed by atoms with Crippen molar-refractivity contribution in [1.29, 1.82) is 0 Å². The first-order chi connectivity index (χ1) is 14.7. The van der Waals surface area contributed by atoms with E-state index in [2.05, 4.69) is 34.6 Å². The van der Waals surface area contributed by atoms with E-state index in [0.29, 0.717) is 11.7 Å². The molecule has 3 aromatic rings. The SMILES string of the molecule is CC(C)c1cnn2c(Nc3ccc(S(C)(=O)=O)nc3)cc(N[C@H]3CC[C@H](N)CC3)nc12. The van der Waals surface area contributed by atoms with Crippen molar-refractivity contribution in [3.05, 3.63) is 36.2 Å². The molecule has 3 heterocycles. The lowest BCUT2D eigenvalue weighted by molar-refractivity contribution is 0.410. The molecule has 0 bridgehead atoms. The maximum Gasteiger partial charge on any atom is 0.192 e. The molecule has 4 N–H and O–H groups in total. The first-order valence-electron chi connectivity index (χ1n) is 10.5. The molecule has 0 unspecified atom stereocenters. The molecule has 0 amide bonds. The number of rotatable bonds is 6. The zero-order chi connectivity index (χ0) is 22.2. The van der Waals surface area contributed by atoms with Crippen LogP contribution in [0.25, 0.3) is 5.65 Å². The number of nitrogens with one attached hydrogen (secondary N) is 2. The van der Waals surface area contributed by atoms with Gasteiger partial charge in [0.1, 0.15) is 11.6 Å². The minimum atomic E-state index is -3.35. The van der Waals surface area contributed by atoms with Gasteiger partial charge in [0.15, 0.2) is 20.5 Å². The molecule has 1 saturated carbocycles. The molecule has 1 aliphatic carbocycles. The Balaban J connectivity index is 1.67. The summed E-state index contributed by atoms with van der Waals surface area (Å²) in [7, 11) is -3.35. The molecule has 0 atom stereocenters. The first-order valence-corrected chi connectivity index (χ1v) is 12.4. The number of hydrogen-bond acceptors (Lipinski definition) is 8. The molecular formula is C21H29N7O2S. The van der Waals surface area contributed by atoms with Crippen molar-refractivity contribution in [2.45, 2.75) is 62.6 Å². The molecule has 1 aliphatic rings. The second-order valence-corrected chi connectivity index (χ2v) is 10.5. The van der Waals surface area contributed by atoms with Crippen LogP contribution >= 0.6 is 0 Å². The van der Waals surface area contributed by atoms with E-state index in [1.165, 1.54) is 12.3 Å². The molecular weight excluding hydrogens is 414 g/mol. The third kappa shape index (κ3) is 4.80. The molecule has 9 nitrogen and oxygen atoms in total. The van der Waals surface area contributed by atoms with E-state index >= 15 is 0 Å². The maximum atomic E-state index is 11.7. The van der Waals surface area contributed by atoms with E-state index in [1.54, 1.807) is 10.6 Å². The maximum absolute atomic E-state index is 11.7. The molecule has 0 aliphatic heterocycles. The summed E-state index contributed by atoms with van der Waals surface area (Å²) < 4.78 is 25.1. The summed E-state index contributed by atoms with van der Waals surface area (Å²) in [6.07, 6.45) is 8.54. The van der Waals surface area contributed by atoms with Crippen LogP contribution in [-0.4, -0.2) is 46.3 Å². The van der Waals surface area contributed by atoms with E-state index < -0.39 is 9.84 Å². The summed E-state index contributed by atoms with van der Waals surface area (Å²) in [6.45, 7) is 4.23. The third-order valence-electron chi connectivity index (χ3n) is 5.63. The Hall–Kier alpha value is -2.72. The minimum absolute atomic E-state index is 0.0389. The predicted octanol–water partition coefficient (Wildman–Crippen LogP) is 3.08. The quantitative estimate of drug-likeness (QED) is 0.530. The molecule has 1 fully saturated rings. The van der Waals surface area contributed by atoms with Crippen LogP contribution in [0.2, 0.25) is 0 Å². The lowest BCUT2D eigenvalue weighted by Crippen LogP contribution is -2.33. The van der Waals surface area contributed by atoms with Gasteiger partial charge in [-0.2, -0.15) is 9.61 Å². The van der Waals surface area contributed by atoms with Gasteiger partial charge in [-0.15, -0.1) is 0 Å². The van der Waals surface area contributed by atoms with Crippen LogP contribution in [0.3, 0.4) is 0 Å².